The predicted molar refractivity (Wildman–Crippen MR) is 169 cm³/mol. The molecule has 2 atom stereocenters. The molecular formula is C29H35FN4O8P2S. The van der Waals surface area contributed by atoms with Crippen molar-refractivity contribution in [2.24, 2.45) is 5.92 Å². The lowest BCUT2D eigenvalue weighted by atomic mass is 9.92. The Morgan fingerprint density at radius 2 is 1.87 bits per heavy atom. The molecule has 45 heavy (non-hydrogen) atoms. The molecule has 0 unspecified atom stereocenters. The highest BCUT2D eigenvalue weighted by molar-refractivity contribution is 8.14. The van der Waals surface area contributed by atoms with Crippen molar-refractivity contribution < 1.29 is 37.4 Å². The van der Waals surface area contributed by atoms with Crippen LogP contribution in [0.4, 0.5) is 14.9 Å². The average Bonchev–Trinajstić information content (AvgIpc) is 3.75. The molecule has 3 aliphatic rings. The largest absolute Gasteiger partial charge is 0.492 e. The number of benzene rings is 1. The van der Waals surface area contributed by atoms with E-state index in [2.05, 4.69) is 5.32 Å². The van der Waals surface area contributed by atoms with Gasteiger partial charge in [-0.3, -0.25) is 23.5 Å². The topological polar surface area (TPSA) is 144 Å². The number of likely N-dealkylation sites (tertiary alicyclic amines) is 1. The second kappa shape index (κ2) is 13.3. The Balaban J connectivity index is 1.48. The molecule has 0 bridgehead atoms. The highest BCUT2D eigenvalue weighted by atomic mass is 32.2. The zero-order valence-corrected chi connectivity index (χ0v) is 28.0. The number of carbonyl (C=O) groups is 3. The number of piperidine rings is 1. The van der Waals surface area contributed by atoms with Crippen molar-refractivity contribution in [1.29, 1.82) is 0 Å². The van der Waals surface area contributed by atoms with E-state index in [1.165, 1.54) is 13.3 Å². The van der Waals surface area contributed by atoms with Gasteiger partial charge in [-0.05, 0) is 58.4 Å². The molecule has 5 rings (SSSR count). The number of hydrogen-bond donors (Lipinski definition) is 1. The zero-order valence-electron chi connectivity index (χ0n) is 25.4. The van der Waals surface area contributed by atoms with E-state index in [-0.39, 0.29) is 40.4 Å². The summed E-state index contributed by atoms with van der Waals surface area (Å²) in [6, 6.07) is 0.934. The highest BCUT2D eigenvalue weighted by Gasteiger charge is 2.44. The Kier molecular flexibility index (Phi) is 9.87. The summed E-state index contributed by atoms with van der Waals surface area (Å²) in [6.45, 7) is 6.86. The smallest absolute Gasteiger partial charge is 0.410 e. The minimum atomic E-state index is -1.13. The standard InChI is InChI=1S/C29H35FN4O8P2S/c1-29(2,3)42-28(38)33-9-5-6-15-11-32(13-20(15)33)23-19(30)10-17-22(25(23)41-4)34(16-7-8-16)12-18(24(17)36)26(37)45-14-21(35)31-27(43-39)44-40/h10,12,15-16,20,27H,5-9,11,13-14H2,1-4H3,(H,31,35)/t15-,20+/m0/s1. The number of aromatic nitrogens is 1. The Bertz CT molecular complexity index is 1600. The Morgan fingerprint density at radius 1 is 1.16 bits per heavy atom. The van der Waals surface area contributed by atoms with Gasteiger partial charge in [0.1, 0.15) is 11.3 Å². The van der Waals surface area contributed by atoms with E-state index in [9.17, 15) is 28.3 Å². The van der Waals surface area contributed by atoms with Gasteiger partial charge in [-0.15, -0.1) is 0 Å². The van der Waals surface area contributed by atoms with Gasteiger partial charge in [0.05, 0.1) is 35.4 Å². The number of halogens is 1. The van der Waals surface area contributed by atoms with Gasteiger partial charge in [0.2, 0.25) is 16.5 Å². The number of nitrogens with zero attached hydrogens (tertiary/aromatic N) is 3. The van der Waals surface area contributed by atoms with Gasteiger partial charge in [-0.25, -0.2) is 9.18 Å². The first-order valence-electron chi connectivity index (χ1n) is 14.7. The maximum absolute atomic E-state index is 16.1. The minimum absolute atomic E-state index is 0.0155. The summed E-state index contributed by atoms with van der Waals surface area (Å²) in [5.41, 5.74) is -2.10. The lowest BCUT2D eigenvalue weighted by Crippen LogP contribution is -2.50. The van der Waals surface area contributed by atoms with Gasteiger partial charge < -0.3 is 29.2 Å². The van der Waals surface area contributed by atoms with Crippen molar-refractivity contribution in [3.8, 4) is 5.75 Å². The van der Waals surface area contributed by atoms with E-state index in [0.29, 0.717) is 36.9 Å². The average molecular weight is 681 g/mol. The lowest BCUT2D eigenvalue weighted by molar-refractivity contribution is -0.118. The number of nitrogens with one attached hydrogen (secondary N) is 1. The van der Waals surface area contributed by atoms with Crippen molar-refractivity contribution in [2.45, 2.75) is 69.7 Å². The molecule has 1 aliphatic carbocycles. The molecule has 2 amide bonds. The predicted octanol–water partition coefficient (Wildman–Crippen LogP) is 5.18. The van der Waals surface area contributed by atoms with E-state index < -0.39 is 62.2 Å². The molecule has 1 N–H and O–H groups in total. The van der Waals surface area contributed by atoms with Crippen LogP contribution < -0.4 is 20.4 Å². The first kappa shape index (κ1) is 33.3. The number of methoxy groups -OCH3 is 1. The summed E-state index contributed by atoms with van der Waals surface area (Å²) in [7, 11) is 0.323. The SMILES string of the molecule is COc1c(N2C[C@@H]3CCCN(C(=O)OC(C)(C)C)[C@@H]3C2)c(F)cc2c(=O)c(C(=O)SCC(=O)NC(P=O)P=O)cn(C3CC3)c12. The van der Waals surface area contributed by atoms with Gasteiger partial charge in [0, 0.05) is 31.9 Å². The van der Waals surface area contributed by atoms with Crippen LogP contribution in [-0.4, -0.2) is 76.2 Å². The van der Waals surface area contributed by atoms with Crippen molar-refractivity contribution in [1.82, 2.24) is 14.8 Å². The number of ether oxygens (including phenoxy) is 2. The second-order valence-electron chi connectivity index (χ2n) is 12.4. The molecule has 2 aliphatic heterocycles. The third-order valence-electron chi connectivity index (χ3n) is 8.11. The fourth-order valence-electron chi connectivity index (χ4n) is 6.09. The molecule has 0 spiro atoms. The maximum Gasteiger partial charge on any atom is 0.410 e. The van der Waals surface area contributed by atoms with Crippen molar-refractivity contribution in [3.05, 3.63) is 33.9 Å². The zero-order chi connectivity index (χ0) is 32.6. The van der Waals surface area contributed by atoms with E-state index in [1.807, 2.05) is 25.7 Å². The monoisotopic (exact) mass is 680 g/mol. The van der Waals surface area contributed by atoms with Gasteiger partial charge >= 0.3 is 6.09 Å². The van der Waals surface area contributed by atoms with E-state index in [0.717, 1.165) is 31.7 Å². The van der Waals surface area contributed by atoms with Crippen LogP contribution in [0.15, 0.2) is 17.1 Å². The summed E-state index contributed by atoms with van der Waals surface area (Å²) in [5, 5.41) is 1.56. The molecule has 0 radical (unpaired) electrons. The normalized spacial score (nSPS) is 20.7. The van der Waals surface area contributed by atoms with Crippen LogP contribution in [0.2, 0.25) is 0 Å². The van der Waals surface area contributed by atoms with Gasteiger partial charge in [-0.2, -0.15) is 0 Å². The molecule has 2 aromatic rings. The first-order chi connectivity index (χ1) is 21.4. The van der Waals surface area contributed by atoms with Crippen molar-refractivity contribution in [3.63, 3.8) is 0 Å². The fourth-order valence-corrected chi connectivity index (χ4v) is 7.29. The maximum atomic E-state index is 16.1. The molecule has 12 nitrogen and oxygen atoms in total. The van der Waals surface area contributed by atoms with Crippen LogP contribution in [0.3, 0.4) is 0 Å². The highest BCUT2D eigenvalue weighted by Crippen LogP contribution is 2.46. The first-order valence-corrected chi connectivity index (χ1v) is 17.4. The number of fused-ring (bicyclic) bond motifs is 2. The number of thioether (sulfide) groups is 1. The molecule has 1 aromatic heterocycles. The number of rotatable bonds is 9. The van der Waals surface area contributed by atoms with E-state index in [4.69, 9.17) is 9.47 Å². The molecular weight excluding hydrogens is 645 g/mol. The van der Waals surface area contributed by atoms with Crippen LogP contribution in [0.1, 0.15) is 62.9 Å². The van der Waals surface area contributed by atoms with Crippen LogP contribution in [-0.2, 0) is 18.7 Å². The molecule has 2 saturated heterocycles. The number of pyridine rings is 1. The Labute approximate surface area is 266 Å². The van der Waals surface area contributed by atoms with Crippen molar-refractivity contribution in [2.75, 3.05) is 37.4 Å². The third kappa shape index (κ3) is 7.03. The van der Waals surface area contributed by atoms with Crippen LogP contribution >= 0.6 is 28.7 Å². The number of anilines is 1. The van der Waals surface area contributed by atoms with Crippen LogP contribution in [0, 0.1) is 11.7 Å². The van der Waals surface area contributed by atoms with E-state index >= 15 is 4.39 Å². The van der Waals surface area contributed by atoms with Crippen LogP contribution in [0.5, 0.6) is 5.75 Å². The molecule has 3 fully saturated rings. The fraction of sp³-hybridized carbons (Fsp3) is 0.586. The number of hydrogen-bond acceptors (Lipinski definition) is 10. The molecule has 242 valence electrons. The minimum Gasteiger partial charge on any atom is -0.492 e. The van der Waals surface area contributed by atoms with Crippen molar-refractivity contribution >= 4 is 62.4 Å². The summed E-state index contributed by atoms with van der Waals surface area (Å²) in [6.07, 6.45) is 4.32. The molecule has 16 heteroatoms. The summed E-state index contributed by atoms with van der Waals surface area (Å²) in [4.78, 5) is 55.6. The Hall–Kier alpha value is -3.08. The second-order valence-corrected chi connectivity index (χ2v) is 15.2. The lowest BCUT2D eigenvalue weighted by Gasteiger charge is -2.37. The van der Waals surface area contributed by atoms with Gasteiger partial charge in [-0.1, -0.05) is 11.8 Å². The third-order valence-corrected chi connectivity index (χ3v) is 10.2. The molecule has 1 aromatic carbocycles. The van der Waals surface area contributed by atoms with Gasteiger partial charge in [0.25, 0.3) is 0 Å². The quantitative estimate of drug-likeness (QED) is 0.352. The number of amides is 2. The van der Waals surface area contributed by atoms with Crippen LogP contribution in [0.25, 0.3) is 10.9 Å². The summed E-state index contributed by atoms with van der Waals surface area (Å²) < 4.78 is 51.2. The van der Waals surface area contributed by atoms with Gasteiger partial charge in [0.15, 0.2) is 34.0 Å². The molecule has 3 heterocycles. The summed E-state index contributed by atoms with van der Waals surface area (Å²) in [5.74, 6) is -1.47. The molecule has 1 saturated carbocycles. The Morgan fingerprint density at radius 3 is 2.49 bits per heavy atom. The van der Waals surface area contributed by atoms with E-state index in [1.54, 1.807) is 9.47 Å². The number of carbonyl (C=O) groups excluding carboxylic acids is 3. The summed E-state index contributed by atoms with van der Waals surface area (Å²) >= 11 is 0.569.